The van der Waals surface area contributed by atoms with Gasteiger partial charge >= 0.3 is 0 Å². The molecule has 0 amide bonds. The van der Waals surface area contributed by atoms with E-state index in [2.05, 4.69) is 38.1 Å². The lowest BCUT2D eigenvalue weighted by Gasteiger charge is -2.17. The van der Waals surface area contributed by atoms with E-state index in [1.165, 1.54) is 5.56 Å². The van der Waals surface area contributed by atoms with Crippen molar-refractivity contribution < 1.29 is 4.74 Å². The van der Waals surface area contributed by atoms with E-state index in [1.807, 2.05) is 18.2 Å². The minimum Gasteiger partial charge on any atom is -0.488 e. The molecule has 22 heavy (non-hydrogen) atoms. The second-order valence-electron chi connectivity index (χ2n) is 5.44. The number of nitrogens with two attached hydrogens (primary N) is 2. The van der Waals surface area contributed by atoms with Gasteiger partial charge in [-0.2, -0.15) is 0 Å². The lowest BCUT2D eigenvalue weighted by Crippen LogP contribution is -2.15. The van der Waals surface area contributed by atoms with Crippen LogP contribution in [-0.4, -0.2) is 6.54 Å². The first-order valence-corrected chi connectivity index (χ1v) is 7.35. The van der Waals surface area contributed by atoms with Crippen LogP contribution in [0.2, 0.25) is 0 Å². The maximum Gasteiger partial charge on any atom is 0.125 e. The van der Waals surface area contributed by atoms with E-state index in [1.54, 1.807) is 0 Å². The van der Waals surface area contributed by atoms with Gasteiger partial charge < -0.3 is 16.2 Å². The van der Waals surface area contributed by atoms with Crippen LogP contribution in [-0.2, 0) is 6.61 Å². The van der Waals surface area contributed by atoms with Gasteiger partial charge in [0.2, 0.25) is 0 Å². The van der Waals surface area contributed by atoms with Gasteiger partial charge in [-0.25, -0.2) is 0 Å². The zero-order valence-electron chi connectivity index (χ0n) is 13.2. The highest BCUT2D eigenvalue weighted by Gasteiger charge is 2.11. The molecule has 0 saturated heterocycles. The number of hydrogen-bond donors (Lipinski definition) is 2. The molecule has 0 spiro atoms. The summed E-state index contributed by atoms with van der Waals surface area (Å²) in [6.07, 6.45) is 0.795. The number of rotatable bonds is 6. The van der Waals surface area contributed by atoms with Crippen molar-refractivity contribution in [1.82, 2.24) is 0 Å². The SMILES string of the molecule is Cc1cc([C@H](N)CCN)cc(C)c1OCc1ccccc1.Cl. The molecular formula is C18H25ClN2O. The maximum atomic E-state index is 6.14. The van der Waals surface area contributed by atoms with Crippen LogP contribution in [0.5, 0.6) is 5.75 Å². The molecule has 0 aliphatic heterocycles. The van der Waals surface area contributed by atoms with E-state index in [0.29, 0.717) is 13.2 Å². The molecule has 0 aromatic heterocycles. The minimum absolute atomic E-state index is 0. The fourth-order valence-corrected chi connectivity index (χ4v) is 2.50. The van der Waals surface area contributed by atoms with E-state index < -0.39 is 0 Å². The molecule has 2 aromatic carbocycles. The van der Waals surface area contributed by atoms with Crippen LogP contribution in [0.1, 0.15) is 34.7 Å². The van der Waals surface area contributed by atoms with Gasteiger partial charge in [-0.15, -0.1) is 12.4 Å². The third-order valence-electron chi connectivity index (χ3n) is 3.61. The van der Waals surface area contributed by atoms with Gasteiger partial charge in [0.1, 0.15) is 12.4 Å². The van der Waals surface area contributed by atoms with Gasteiger partial charge in [-0.3, -0.25) is 0 Å². The van der Waals surface area contributed by atoms with Gasteiger partial charge in [0.15, 0.2) is 0 Å². The smallest absolute Gasteiger partial charge is 0.125 e. The minimum atomic E-state index is -0.00410. The number of ether oxygens (including phenoxy) is 1. The molecule has 0 radical (unpaired) electrons. The van der Waals surface area contributed by atoms with E-state index in [-0.39, 0.29) is 18.4 Å². The lowest BCUT2D eigenvalue weighted by molar-refractivity contribution is 0.302. The Kier molecular flexibility index (Phi) is 7.39. The molecule has 4 heteroatoms. The largest absolute Gasteiger partial charge is 0.488 e. The van der Waals surface area contributed by atoms with E-state index in [4.69, 9.17) is 16.2 Å². The van der Waals surface area contributed by atoms with Crippen molar-refractivity contribution in [3.8, 4) is 5.75 Å². The van der Waals surface area contributed by atoms with Gasteiger partial charge in [0.25, 0.3) is 0 Å². The van der Waals surface area contributed by atoms with Crippen molar-refractivity contribution in [2.24, 2.45) is 11.5 Å². The molecule has 4 N–H and O–H groups in total. The zero-order valence-corrected chi connectivity index (χ0v) is 14.0. The molecule has 0 fully saturated rings. The van der Waals surface area contributed by atoms with Crippen LogP contribution >= 0.6 is 12.4 Å². The Morgan fingerprint density at radius 2 is 1.64 bits per heavy atom. The van der Waals surface area contributed by atoms with Crippen LogP contribution in [0.4, 0.5) is 0 Å². The number of halogens is 1. The third-order valence-corrected chi connectivity index (χ3v) is 3.61. The van der Waals surface area contributed by atoms with E-state index in [0.717, 1.165) is 28.9 Å². The molecule has 1 atom stereocenters. The number of hydrogen-bond acceptors (Lipinski definition) is 3. The summed E-state index contributed by atoms with van der Waals surface area (Å²) in [7, 11) is 0. The highest BCUT2D eigenvalue weighted by atomic mass is 35.5. The summed E-state index contributed by atoms with van der Waals surface area (Å²) in [6, 6.07) is 14.4. The third kappa shape index (κ3) is 4.73. The Morgan fingerprint density at radius 3 is 2.18 bits per heavy atom. The van der Waals surface area contributed by atoms with Gasteiger partial charge in [-0.05, 0) is 49.1 Å². The first kappa shape index (κ1) is 18.5. The zero-order chi connectivity index (χ0) is 15.2. The molecule has 0 heterocycles. The van der Waals surface area contributed by atoms with Crippen LogP contribution in [0.3, 0.4) is 0 Å². The van der Waals surface area contributed by atoms with Crippen LogP contribution in [0.15, 0.2) is 42.5 Å². The molecule has 2 aromatic rings. The summed E-state index contributed by atoms with van der Waals surface area (Å²) < 4.78 is 5.98. The quantitative estimate of drug-likeness (QED) is 0.854. The summed E-state index contributed by atoms with van der Waals surface area (Å²) in [5, 5.41) is 0. The predicted molar refractivity (Wildman–Crippen MR) is 94.5 cm³/mol. The summed E-state index contributed by atoms with van der Waals surface area (Å²) in [5.74, 6) is 0.947. The van der Waals surface area contributed by atoms with Crippen molar-refractivity contribution in [2.75, 3.05) is 6.54 Å². The fraction of sp³-hybridized carbons (Fsp3) is 0.333. The topological polar surface area (TPSA) is 61.3 Å². The second-order valence-corrected chi connectivity index (χ2v) is 5.44. The first-order valence-electron chi connectivity index (χ1n) is 7.35. The molecule has 3 nitrogen and oxygen atoms in total. The van der Waals surface area contributed by atoms with Crippen LogP contribution in [0, 0.1) is 13.8 Å². The summed E-state index contributed by atoms with van der Waals surface area (Å²) in [5.41, 5.74) is 16.2. The Bertz CT molecular complexity index is 564. The number of aryl methyl sites for hydroxylation is 2. The molecule has 0 bridgehead atoms. The monoisotopic (exact) mass is 320 g/mol. The van der Waals surface area contributed by atoms with Crippen molar-refractivity contribution in [1.29, 1.82) is 0 Å². The summed E-state index contributed by atoms with van der Waals surface area (Å²) in [6.45, 7) is 5.31. The molecule has 2 rings (SSSR count). The Labute approximate surface area is 139 Å². The van der Waals surface area contributed by atoms with Crippen molar-refractivity contribution in [3.63, 3.8) is 0 Å². The Hall–Kier alpha value is -1.55. The Balaban J connectivity index is 0.00000242. The predicted octanol–water partition coefficient (Wildman–Crippen LogP) is 3.65. The van der Waals surface area contributed by atoms with Gasteiger partial charge in [0, 0.05) is 6.04 Å². The Morgan fingerprint density at radius 1 is 1.05 bits per heavy atom. The van der Waals surface area contributed by atoms with Gasteiger partial charge in [-0.1, -0.05) is 42.5 Å². The molecule has 0 unspecified atom stereocenters. The molecule has 0 aliphatic rings. The van der Waals surface area contributed by atoms with Crippen molar-refractivity contribution >= 4 is 12.4 Å². The second kappa shape index (κ2) is 8.79. The average molecular weight is 321 g/mol. The lowest BCUT2D eigenvalue weighted by atomic mass is 9.99. The van der Waals surface area contributed by atoms with Crippen LogP contribution < -0.4 is 16.2 Å². The summed E-state index contributed by atoms with van der Waals surface area (Å²) >= 11 is 0. The molecule has 120 valence electrons. The van der Waals surface area contributed by atoms with Crippen LogP contribution in [0.25, 0.3) is 0 Å². The molecular weight excluding hydrogens is 296 g/mol. The standard InChI is InChI=1S/C18H24N2O.ClH/c1-13-10-16(17(20)8-9-19)11-14(2)18(13)21-12-15-6-4-3-5-7-15;/h3-7,10-11,17H,8-9,12,19-20H2,1-2H3;1H/t17-;/m1./s1. The highest BCUT2D eigenvalue weighted by molar-refractivity contribution is 5.85. The highest BCUT2D eigenvalue weighted by Crippen LogP contribution is 2.28. The van der Waals surface area contributed by atoms with Gasteiger partial charge in [0.05, 0.1) is 0 Å². The van der Waals surface area contributed by atoms with E-state index in [9.17, 15) is 0 Å². The maximum absolute atomic E-state index is 6.14. The number of benzene rings is 2. The average Bonchev–Trinajstić information content (AvgIpc) is 2.47. The van der Waals surface area contributed by atoms with Crippen molar-refractivity contribution in [2.45, 2.75) is 32.9 Å². The first-order chi connectivity index (χ1) is 10.1. The van der Waals surface area contributed by atoms with Crippen molar-refractivity contribution in [3.05, 3.63) is 64.7 Å². The van der Waals surface area contributed by atoms with E-state index >= 15 is 0 Å². The fourth-order valence-electron chi connectivity index (χ4n) is 2.50. The summed E-state index contributed by atoms with van der Waals surface area (Å²) in [4.78, 5) is 0. The molecule has 0 aliphatic carbocycles. The molecule has 0 saturated carbocycles. The normalized spacial score (nSPS) is 11.6.